The van der Waals surface area contributed by atoms with E-state index in [9.17, 15) is 18.0 Å². The second-order valence-electron chi connectivity index (χ2n) is 6.01. The predicted octanol–water partition coefficient (Wildman–Crippen LogP) is 1.03. The van der Waals surface area contributed by atoms with Crippen molar-refractivity contribution in [2.24, 2.45) is 0 Å². The first-order valence-corrected chi connectivity index (χ1v) is 9.80. The smallest absolute Gasteiger partial charge is 0.261 e. The topological polar surface area (TPSA) is 102 Å². The Balaban J connectivity index is 1.43. The van der Waals surface area contributed by atoms with Crippen molar-refractivity contribution < 1.29 is 27.5 Å². The van der Waals surface area contributed by atoms with Crippen molar-refractivity contribution in [3.05, 3.63) is 53.6 Å². The second-order valence-corrected chi connectivity index (χ2v) is 7.78. The molecule has 140 valence electrons. The van der Waals surface area contributed by atoms with Gasteiger partial charge in [0.2, 0.25) is 10.0 Å². The van der Waals surface area contributed by atoms with Crippen LogP contribution in [0.3, 0.4) is 0 Å². The van der Waals surface area contributed by atoms with Crippen LogP contribution in [0.25, 0.3) is 0 Å². The van der Waals surface area contributed by atoms with Crippen LogP contribution in [-0.4, -0.2) is 51.4 Å². The minimum atomic E-state index is -3.82. The van der Waals surface area contributed by atoms with Gasteiger partial charge in [-0.1, -0.05) is 12.1 Å². The lowest BCUT2D eigenvalue weighted by atomic mass is 10.1. The molecular formula is C18H16N2O6S. The maximum atomic E-state index is 12.5. The molecule has 0 atom stereocenters. The van der Waals surface area contributed by atoms with Gasteiger partial charge in [-0.2, -0.15) is 0 Å². The first kappa shape index (κ1) is 17.5. The highest BCUT2D eigenvalue weighted by Crippen LogP contribution is 2.32. The average Bonchev–Trinajstić information content (AvgIpc) is 2.93. The number of hydrogen-bond donors (Lipinski definition) is 1. The normalized spacial score (nSPS) is 15.8. The number of fused-ring (bicyclic) bond motifs is 2. The number of benzene rings is 2. The number of nitrogens with zero attached hydrogens (tertiary/aromatic N) is 1. The van der Waals surface area contributed by atoms with Crippen molar-refractivity contribution >= 4 is 21.8 Å². The van der Waals surface area contributed by atoms with Crippen LogP contribution in [0, 0.1) is 0 Å². The van der Waals surface area contributed by atoms with Gasteiger partial charge in [0.25, 0.3) is 11.8 Å². The number of rotatable bonds is 5. The van der Waals surface area contributed by atoms with E-state index in [1.54, 1.807) is 24.3 Å². The van der Waals surface area contributed by atoms with E-state index in [1.807, 2.05) is 0 Å². The molecule has 0 radical (unpaired) electrons. The summed E-state index contributed by atoms with van der Waals surface area (Å²) < 4.78 is 38.1. The molecule has 2 heterocycles. The van der Waals surface area contributed by atoms with Crippen molar-refractivity contribution in [2.45, 2.75) is 4.90 Å². The first-order chi connectivity index (χ1) is 13.0. The molecule has 2 aliphatic rings. The highest BCUT2D eigenvalue weighted by molar-refractivity contribution is 7.89. The van der Waals surface area contributed by atoms with Gasteiger partial charge in [0.05, 0.1) is 16.0 Å². The molecule has 0 saturated carbocycles. The lowest BCUT2D eigenvalue weighted by Crippen LogP contribution is -2.38. The van der Waals surface area contributed by atoms with Gasteiger partial charge < -0.3 is 9.47 Å². The summed E-state index contributed by atoms with van der Waals surface area (Å²) in [6.07, 6.45) is 0. The van der Waals surface area contributed by atoms with Crippen LogP contribution >= 0.6 is 0 Å². The lowest BCUT2D eigenvalue weighted by molar-refractivity contribution is 0.0657. The first-order valence-electron chi connectivity index (χ1n) is 8.32. The number of imide groups is 1. The summed E-state index contributed by atoms with van der Waals surface area (Å²) in [4.78, 5) is 25.6. The Bertz CT molecular complexity index is 999. The summed E-state index contributed by atoms with van der Waals surface area (Å²) in [6.45, 7) is 0.611. The van der Waals surface area contributed by atoms with Gasteiger partial charge in [0, 0.05) is 19.2 Å². The van der Waals surface area contributed by atoms with Crippen LogP contribution in [0.15, 0.2) is 47.4 Å². The Hall–Kier alpha value is -2.91. The van der Waals surface area contributed by atoms with E-state index < -0.39 is 21.8 Å². The maximum Gasteiger partial charge on any atom is 0.261 e. The molecule has 0 bridgehead atoms. The number of hydrogen-bond acceptors (Lipinski definition) is 6. The molecule has 0 fully saturated rings. The zero-order valence-electron chi connectivity index (χ0n) is 14.2. The van der Waals surface area contributed by atoms with Gasteiger partial charge in [-0.3, -0.25) is 14.5 Å². The van der Waals surface area contributed by atoms with E-state index in [2.05, 4.69) is 4.72 Å². The monoisotopic (exact) mass is 388 g/mol. The summed E-state index contributed by atoms with van der Waals surface area (Å²) in [5, 5.41) is 0. The number of sulfonamides is 1. The fraction of sp³-hybridized carbons (Fsp3) is 0.222. The van der Waals surface area contributed by atoms with E-state index in [4.69, 9.17) is 9.47 Å². The number of carbonyl (C=O) groups excluding carboxylic acids is 2. The third-order valence-electron chi connectivity index (χ3n) is 4.33. The SMILES string of the molecule is O=C1c2ccccc2C(=O)N1CCNS(=O)(=O)c1ccc2c(c1)OCCO2. The number of ether oxygens (including phenoxy) is 2. The number of amides is 2. The molecule has 2 aromatic rings. The number of carbonyl (C=O) groups is 2. The van der Waals surface area contributed by atoms with E-state index in [0.29, 0.717) is 35.8 Å². The molecule has 0 aromatic heterocycles. The minimum absolute atomic E-state index is 0.0223. The number of nitrogens with one attached hydrogen (secondary N) is 1. The zero-order valence-corrected chi connectivity index (χ0v) is 15.0. The van der Waals surface area contributed by atoms with Crippen LogP contribution < -0.4 is 14.2 Å². The summed E-state index contributed by atoms with van der Waals surface area (Å²) in [6, 6.07) is 10.9. The summed E-state index contributed by atoms with van der Waals surface area (Å²) in [5.74, 6) is 0.0129. The third-order valence-corrected chi connectivity index (χ3v) is 5.79. The fourth-order valence-corrected chi connectivity index (χ4v) is 4.04. The van der Waals surface area contributed by atoms with Gasteiger partial charge in [0.1, 0.15) is 13.2 Å². The molecule has 0 unspecified atom stereocenters. The van der Waals surface area contributed by atoms with Crippen LogP contribution in [0.1, 0.15) is 20.7 Å². The second kappa shape index (κ2) is 6.67. The van der Waals surface area contributed by atoms with Gasteiger partial charge in [-0.05, 0) is 24.3 Å². The highest BCUT2D eigenvalue weighted by atomic mass is 32.2. The lowest BCUT2D eigenvalue weighted by Gasteiger charge is -2.19. The van der Waals surface area contributed by atoms with Gasteiger partial charge in [-0.15, -0.1) is 0 Å². The minimum Gasteiger partial charge on any atom is -0.486 e. The van der Waals surface area contributed by atoms with Crippen molar-refractivity contribution in [3.8, 4) is 11.5 Å². The zero-order chi connectivity index (χ0) is 19.0. The van der Waals surface area contributed by atoms with Crippen molar-refractivity contribution in [1.82, 2.24) is 9.62 Å². The summed E-state index contributed by atoms with van der Waals surface area (Å²) >= 11 is 0. The van der Waals surface area contributed by atoms with Crippen molar-refractivity contribution in [2.75, 3.05) is 26.3 Å². The molecular weight excluding hydrogens is 372 g/mol. The molecule has 2 amide bonds. The molecule has 4 rings (SSSR count). The molecule has 8 nitrogen and oxygen atoms in total. The van der Waals surface area contributed by atoms with Gasteiger partial charge in [0.15, 0.2) is 11.5 Å². The molecule has 0 aliphatic carbocycles. The van der Waals surface area contributed by atoms with Gasteiger partial charge >= 0.3 is 0 Å². The van der Waals surface area contributed by atoms with Crippen molar-refractivity contribution in [1.29, 1.82) is 0 Å². The molecule has 2 aliphatic heterocycles. The standard InChI is InChI=1S/C18H16N2O6S/c21-17-13-3-1-2-4-14(13)18(22)20(17)8-7-19-27(23,24)12-5-6-15-16(11-12)26-10-9-25-15/h1-6,11,19H,7-10H2. The van der Waals surface area contributed by atoms with Crippen LogP contribution in [0.5, 0.6) is 11.5 Å². The van der Waals surface area contributed by atoms with Gasteiger partial charge in [-0.25, -0.2) is 13.1 Å². The molecule has 2 aromatic carbocycles. The molecule has 27 heavy (non-hydrogen) atoms. The molecule has 1 N–H and O–H groups in total. The Morgan fingerprint density at radius 2 is 1.56 bits per heavy atom. The molecule has 0 saturated heterocycles. The summed E-state index contributed by atoms with van der Waals surface area (Å²) in [5.41, 5.74) is 0.661. The van der Waals surface area contributed by atoms with E-state index in [1.165, 1.54) is 18.2 Å². The van der Waals surface area contributed by atoms with E-state index >= 15 is 0 Å². The Morgan fingerprint density at radius 3 is 2.22 bits per heavy atom. The van der Waals surface area contributed by atoms with Crippen molar-refractivity contribution in [3.63, 3.8) is 0 Å². The highest BCUT2D eigenvalue weighted by Gasteiger charge is 2.34. The Morgan fingerprint density at radius 1 is 0.926 bits per heavy atom. The van der Waals surface area contributed by atoms with Crippen LogP contribution in [-0.2, 0) is 10.0 Å². The van der Waals surface area contributed by atoms with E-state index in [0.717, 1.165) is 4.90 Å². The maximum absolute atomic E-state index is 12.5. The molecule has 9 heteroatoms. The largest absolute Gasteiger partial charge is 0.486 e. The predicted molar refractivity (Wildman–Crippen MR) is 94.4 cm³/mol. The van der Waals surface area contributed by atoms with E-state index in [-0.39, 0.29) is 18.0 Å². The summed E-state index contributed by atoms with van der Waals surface area (Å²) in [7, 11) is -3.82. The Kier molecular flexibility index (Phi) is 4.33. The van der Waals surface area contributed by atoms with Crippen LogP contribution in [0.2, 0.25) is 0 Å². The quantitative estimate of drug-likeness (QED) is 0.768. The van der Waals surface area contributed by atoms with Crippen LogP contribution in [0.4, 0.5) is 0 Å². The third kappa shape index (κ3) is 3.15. The Labute approximate surface area is 155 Å². The fourth-order valence-electron chi connectivity index (χ4n) is 3.01. The average molecular weight is 388 g/mol. The molecule has 0 spiro atoms.